The molecular weight excluding hydrogens is 554 g/mol. The summed E-state index contributed by atoms with van der Waals surface area (Å²) < 4.78 is 23.3. The first-order valence-corrected chi connectivity index (χ1v) is 14.4. The number of nitrogens with zero attached hydrogens (tertiary/aromatic N) is 3. The fraction of sp³-hybridized carbons (Fsp3) is 0.516. The fourth-order valence-corrected chi connectivity index (χ4v) is 7.67. The fourth-order valence-electron chi connectivity index (χ4n) is 7.67. The quantitative estimate of drug-likeness (QED) is 0.344. The minimum atomic E-state index is -0.739. The predicted octanol–water partition coefficient (Wildman–Crippen LogP) is 1.91. The molecule has 0 aromatic heterocycles. The van der Waals surface area contributed by atoms with Gasteiger partial charge in [0.15, 0.2) is 23.0 Å². The van der Waals surface area contributed by atoms with Gasteiger partial charge in [-0.2, -0.15) is 5.26 Å². The number of carbonyl (C=O) groups is 2. The molecule has 43 heavy (non-hydrogen) atoms. The summed E-state index contributed by atoms with van der Waals surface area (Å²) in [6, 6.07) is 1.83. The minimum absolute atomic E-state index is 0.00939. The van der Waals surface area contributed by atoms with Crippen LogP contribution in [0.1, 0.15) is 59.3 Å². The zero-order chi connectivity index (χ0) is 30.9. The first-order chi connectivity index (χ1) is 20.5. The highest BCUT2D eigenvalue weighted by atomic mass is 16.7. The van der Waals surface area contributed by atoms with Crippen LogP contribution in [-0.2, 0) is 22.4 Å². The molecule has 228 valence electrons. The highest BCUT2D eigenvalue weighted by Crippen LogP contribution is 2.58. The number of piperazine rings is 1. The molecule has 0 radical (unpaired) electrons. The number of phenolic OH excluding ortho intramolecular Hbond substituents is 1. The monoisotopic (exact) mass is 591 g/mol. The maximum absolute atomic E-state index is 12.8. The number of phenols is 1. The Kier molecular flexibility index (Phi) is 7.15. The first-order valence-electron chi connectivity index (χ1n) is 14.4. The highest BCUT2D eigenvalue weighted by Gasteiger charge is 2.56. The summed E-state index contributed by atoms with van der Waals surface area (Å²) in [6.07, 6.45) is 0.917. The van der Waals surface area contributed by atoms with Gasteiger partial charge in [-0.15, -0.1) is 0 Å². The molecule has 12 heteroatoms. The first kappa shape index (κ1) is 29.0. The van der Waals surface area contributed by atoms with Crippen molar-refractivity contribution in [3.05, 3.63) is 39.4 Å². The molecule has 2 bridgehead atoms. The molecule has 4 heterocycles. The van der Waals surface area contributed by atoms with Crippen molar-refractivity contribution in [3.63, 3.8) is 0 Å². The van der Waals surface area contributed by atoms with E-state index in [0.29, 0.717) is 47.0 Å². The van der Waals surface area contributed by atoms with E-state index >= 15 is 0 Å². The number of aromatic hydroxyl groups is 1. The van der Waals surface area contributed by atoms with Crippen molar-refractivity contribution in [3.8, 4) is 34.8 Å². The van der Waals surface area contributed by atoms with Crippen LogP contribution in [0.5, 0.6) is 28.7 Å². The third kappa shape index (κ3) is 4.29. The summed E-state index contributed by atoms with van der Waals surface area (Å²) >= 11 is 0. The summed E-state index contributed by atoms with van der Waals surface area (Å²) in [4.78, 5) is 29.4. The lowest BCUT2D eigenvalue weighted by molar-refractivity contribution is -0.132. The number of hydrogen-bond donors (Lipinski definition) is 3. The number of benzene rings is 2. The Morgan fingerprint density at radius 2 is 1.93 bits per heavy atom. The maximum Gasteiger partial charge on any atom is 0.308 e. The van der Waals surface area contributed by atoms with Crippen LogP contribution in [0, 0.1) is 25.2 Å². The number of rotatable bonds is 5. The number of hydrogen-bond acceptors (Lipinski definition) is 11. The van der Waals surface area contributed by atoms with Crippen LogP contribution in [0.25, 0.3) is 0 Å². The third-order valence-electron chi connectivity index (χ3n) is 9.39. The molecule has 6 rings (SSSR count). The molecule has 2 aromatic carbocycles. The average molecular weight is 592 g/mol. The molecule has 12 nitrogen and oxygen atoms in total. The largest absolute Gasteiger partial charge is 0.504 e. The van der Waals surface area contributed by atoms with Gasteiger partial charge < -0.3 is 35.1 Å². The Bertz CT molecular complexity index is 1570. The molecule has 1 fully saturated rings. The topological polar surface area (TPSA) is 160 Å². The van der Waals surface area contributed by atoms with Crippen LogP contribution in [0.2, 0.25) is 0 Å². The number of esters is 1. The van der Waals surface area contributed by atoms with Gasteiger partial charge in [-0.3, -0.25) is 19.4 Å². The van der Waals surface area contributed by atoms with Crippen molar-refractivity contribution in [2.75, 3.05) is 27.5 Å². The van der Waals surface area contributed by atoms with E-state index in [2.05, 4.69) is 21.2 Å². The molecule has 6 atom stereocenters. The predicted molar refractivity (Wildman–Crippen MR) is 154 cm³/mol. The van der Waals surface area contributed by atoms with Crippen molar-refractivity contribution in [2.45, 2.75) is 76.8 Å². The van der Waals surface area contributed by atoms with Crippen LogP contribution < -0.4 is 30.0 Å². The van der Waals surface area contributed by atoms with Gasteiger partial charge in [0.2, 0.25) is 12.7 Å². The third-order valence-corrected chi connectivity index (χ3v) is 9.39. The van der Waals surface area contributed by atoms with Gasteiger partial charge >= 0.3 is 5.97 Å². The zero-order valence-corrected chi connectivity index (χ0v) is 25.2. The van der Waals surface area contributed by atoms with Crippen LogP contribution in [0.3, 0.4) is 0 Å². The number of methoxy groups -OCH3 is 1. The molecular formula is C31H37N5O7. The van der Waals surface area contributed by atoms with E-state index in [1.165, 1.54) is 14.0 Å². The molecule has 0 spiro atoms. The molecule has 1 unspecified atom stereocenters. The van der Waals surface area contributed by atoms with Crippen LogP contribution in [0.15, 0.2) is 6.07 Å². The normalized spacial score (nSPS) is 26.0. The number of fused-ring (bicyclic) bond motifs is 9. The number of carbonyl (C=O) groups excluding carboxylic acids is 2. The Balaban J connectivity index is 1.61. The van der Waals surface area contributed by atoms with Gasteiger partial charge in [0.05, 0.1) is 31.3 Å². The minimum Gasteiger partial charge on any atom is -0.504 e. The van der Waals surface area contributed by atoms with E-state index < -0.39 is 24.1 Å². The van der Waals surface area contributed by atoms with Crippen LogP contribution in [-0.4, -0.2) is 78.4 Å². The molecule has 0 saturated carbocycles. The molecule has 1 amide bonds. The van der Waals surface area contributed by atoms with Crippen molar-refractivity contribution in [1.29, 1.82) is 5.26 Å². The Labute approximate surface area is 250 Å². The van der Waals surface area contributed by atoms with Gasteiger partial charge in [0.25, 0.3) is 0 Å². The van der Waals surface area contributed by atoms with Gasteiger partial charge in [-0.1, -0.05) is 6.07 Å². The number of aryl methyl sites for hydroxylation is 1. The number of nitrogens with one attached hydrogen (secondary N) is 1. The highest BCUT2D eigenvalue weighted by molar-refractivity contribution is 5.81. The smallest absolute Gasteiger partial charge is 0.308 e. The number of amides is 1. The van der Waals surface area contributed by atoms with Crippen LogP contribution in [0.4, 0.5) is 0 Å². The van der Waals surface area contributed by atoms with Crippen LogP contribution >= 0.6 is 0 Å². The van der Waals surface area contributed by atoms with Gasteiger partial charge in [-0.25, -0.2) is 0 Å². The molecule has 0 aliphatic carbocycles. The SMILES string of the molecule is COc1c(C)cc2c(c1O)[C@@H]1C3Cc4c(OC(C)=O)c(C)c5c(c4[C@H](CNC(=O)[C@@H](C)N)N3[C@@H](C#N)[C@H](C2)N1C)OCO5. The van der Waals surface area contributed by atoms with E-state index in [-0.39, 0.29) is 43.1 Å². The number of nitriles is 1. The van der Waals surface area contributed by atoms with E-state index in [1.807, 2.05) is 27.0 Å². The molecule has 2 aromatic rings. The summed E-state index contributed by atoms with van der Waals surface area (Å²) in [5.74, 6) is 1.05. The van der Waals surface area contributed by atoms with Crippen molar-refractivity contribution in [1.82, 2.24) is 15.1 Å². The second-order valence-corrected chi connectivity index (χ2v) is 11.9. The van der Waals surface area contributed by atoms with Gasteiger partial charge in [0, 0.05) is 47.8 Å². The molecule has 4 N–H and O–H groups in total. The lowest BCUT2D eigenvalue weighted by atomic mass is 9.71. The number of ether oxygens (including phenoxy) is 4. The van der Waals surface area contributed by atoms with Gasteiger partial charge in [-0.05, 0) is 51.8 Å². The number of nitrogens with two attached hydrogens (primary N) is 1. The maximum atomic E-state index is 12.8. The standard InChI is InChI=1S/C31H37N5O7/c1-13-7-17-8-19-21(10-32)36-20(25(35(19)5)23(17)26(38)27(13)40-6)9-18-24(22(36)11-34-31(39)15(3)33)30-29(41-12-42-30)14(2)28(18)43-16(4)37/h7,15,19-22,25,38H,8-9,11-12,33H2,1-6H3,(H,34,39)/t15-,19+,20?,21+,22+,25+/m1/s1. The Morgan fingerprint density at radius 3 is 2.58 bits per heavy atom. The molecule has 1 saturated heterocycles. The Morgan fingerprint density at radius 1 is 1.21 bits per heavy atom. The summed E-state index contributed by atoms with van der Waals surface area (Å²) in [5, 5.41) is 25.3. The zero-order valence-electron chi connectivity index (χ0n) is 25.2. The van der Waals surface area contributed by atoms with E-state index in [1.54, 1.807) is 6.92 Å². The second-order valence-electron chi connectivity index (χ2n) is 11.9. The molecule has 4 aliphatic rings. The van der Waals surface area contributed by atoms with Crippen molar-refractivity contribution >= 4 is 11.9 Å². The summed E-state index contributed by atoms with van der Waals surface area (Å²) in [5.41, 5.74) is 10.5. The molecule has 4 aliphatic heterocycles. The van der Waals surface area contributed by atoms with E-state index in [4.69, 9.17) is 24.7 Å². The number of likely N-dealkylation sites (N-methyl/N-ethyl adjacent to an activating group) is 1. The summed E-state index contributed by atoms with van der Waals surface area (Å²) in [7, 11) is 3.51. The summed E-state index contributed by atoms with van der Waals surface area (Å²) in [6.45, 7) is 6.79. The van der Waals surface area contributed by atoms with E-state index in [9.17, 15) is 20.0 Å². The van der Waals surface area contributed by atoms with Crippen molar-refractivity contribution in [2.24, 2.45) is 5.73 Å². The van der Waals surface area contributed by atoms with E-state index in [0.717, 1.165) is 22.3 Å². The lowest BCUT2D eigenvalue weighted by Crippen LogP contribution is -2.68. The average Bonchev–Trinajstić information content (AvgIpc) is 3.44. The van der Waals surface area contributed by atoms with Crippen molar-refractivity contribution < 1.29 is 33.6 Å². The lowest BCUT2D eigenvalue weighted by Gasteiger charge is -2.60. The Hall–Kier alpha value is -4.05. The van der Waals surface area contributed by atoms with Gasteiger partial charge in [0.1, 0.15) is 11.8 Å². The second kappa shape index (κ2) is 10.6.